The second kappa shape index (κ2) is 10.3. The molecule has 0 saturated carbocycles. The molecule has 1 aliphatic heterocycles. The average molecular weight is 343 g/mol. The highest BCUT2D eigenvalue weighted by molar-refractivity contribution is 5.92. The first kappa shape index (κ1) is 19.6. The molecule has 0 bridgehead atoms. The normalized spacial score (nSPS) is 16.5. The van der Waals surface area contributed by atoms with Crippen LogP contribution >= 0.6 is 12.4 Å². The van der Waals surface area contributed by atoms with Gasteiger partial charge in [0, 0.05) is 18.5 Å². The van der Waals surface area contributed by atoms with E-state index in [1.54, 1.807) is 0 Å². The molecule has 2 rings (SSSR count). The van der Waals surface area contributed by atoms with Crippen LogP contribution in [0, 0.1) is 0 Å². The first-order valence-corrected chi connectivity index (χ1v) is 8.15. The van der Waals surface area contributed by atoms with Crippen molar-refractivity contribution < 1.29 is 14.3 Å². The zero-order valence-electron chi connectivity index (χ0n) is 13.9. The number of carbonyl (C=O) groups is 1. The Morgan fingerprint density at radius 3 is 2.74 bits per heavy atom. The maximum absolute atomic E-state index is 12.2. The van der Waals surface area contributed by atoms with Gasteiger partial charge in [-0.05, 0) is 51.8 Å². The molecule has 0 aromatic heterocycles. The molecule has 0 spiro atoms. The SMILES string of the molecule is CCOc1ccc(OCC)c(NC(=O)CCC2CCCN2)c1.Cl. The molecule has 1 fully saturated rings. The Bertz CT molecular complexity index is 491. The molecule has 0 radical (unpaired) electrons. The number of anilines is 1. The van der Waals surface area contributed by atoms with Gasteiger partial charge in [0.1, 0.15) is 11.5 Å². The van der Waals surface area contributed by atoms with Crippen molar-refractivity contribution in [3.05, 3.63) is 18.2 Å². The number of amides is 1. The fourth-order valence-electron chi connectivity index (χ4n) is 2.67. The largest absolute Gasteiger partial charge is 0.494 e. The summed E-state index contributed by atoms with van der Waals surface area (Å²) < 4.78 is 11.1. The van der Waals surface area contributed by atoms with Crippen LogP contribution in [0.25, 0.3) is 0 Å². The maximum atomic E-state index is 12.2. The van der Waals surface area contributed by atoms with Crippen molar-refractivity contribution in [3.8, 4) is 11.5 Å². The van der Waals surface area contributed by atoms with Crippen molar-refractivity contribution in [1.29, 1.82) is 0 Å². The standard InChI is InChI=1S/C17H26N2O3.ClH/c1-3-21-14-8-9-16(22-4-2)15(12-14)19-17(20)10-7-13-6-5-11-18-13;/h8-9,12-13,18H,3-7,10-11H2,1-2H3,(H,19,20);1H. The Morgan fingerprint density at radius 2 is 2.09 bits per heavy atom. The molecule has 1 amide bonds. The summed E-state index contributed by atoms with van der Waals surface area (Å²) in [5, 5.41) is 6.36. The van der Waals surface area contributed by atoms with Gasteiger partial charge in [-0.3, -0.25) is 4.79 Å². The zero-order chi connectivity index (χ0) is 15.8. The molecule has 130 valence electrons. The highest BCUT2D eigenvalue weighted by Crippen LogP contribution is 2.29. The summed E-state index contributed by atoms with van der Waals surface area (Å²) in [6.45, 7) is 6.08. The third-order valence-corrected chi connectivity index (χ3v) is 3.72. The summed E-state index contributed by atoms with van der Waals surface area (Å²) in [5.41, 5.74) is 0.678. The first-order chi connectivity index (χ1) is 10.7. The van der Waals surface area contributed by atoms with Gasteiger partial charge in [-0.15, -0.1) is 12.4 Å². The quantitative estimate of drug-likeness (QED) is 0.760. The van der Waals surface area contributed by atoms with Crippen LogP contribution in [-0.2, 0) is 4.79 Å². The monoisotopic (exact) mass is 342 g/mol. The van der Waals surface area contributed by atoms with Crippen LogP contribution in [-0.4, -0.2) is 31.7 Å². The fourth-order valence-corrected chi connectivity index (χ4v) is 2.67. The van der Waals surface area contributed by atoms with E-state index in [4.69, 9.17) is 9.47 Å². The van der Waals surface area contributed by atoms with Crippen molar-refractivity contribution in [3.63, 3.8) is 0 Å². The molecule has 1 saturated heterocycles. The molecule has 1 unspecified atom stereocenters. The van der Waals surface area contributed by atoms with Gasteiger partial charge in [0.25, 0.3) is 0 Å². The number of hydrogen-bond donors (Lipinski definition) is 2. The lowest BCUT2D eigenvalue weighted by Gasteiger charge is -2.14. The maximum Gasteiger partial charge on any atom is 0.224 e. The van der Waals surface area contributed by atoms with Gasteiger partial charge in [-0.2, -0.15) is 0 Å². The topological polar surface area (TPSA) is 59.6 Å². The molecular formula is C17H27ClN2O3. The third-order valence-electron chi connectivity index (χ3n) is 3.72. The number of ether oxygens (including phenoxy) is 2. The average Bonchev–Trinajstić information content (AvgIpc) is 3.02. The van der Waals surface area contributed by atoms with Crippen LogP contribution in [0.15, 0.2) is 18.2 Å². The molecule has 2 N–H and O–H groups in total. The van der Waals surface area contributed by atoms with Crippen molar-refractivity contribution in [2.24, 2.45) is 0 Å². The van der Waals surface area contributed by atoms with Crippen LogP contribution < -0.4 is 20.1 Å². The molecule has 0 aliphatic carbocycles. The number of benzene rings is 1. The van der Waals surface area contributed by atoms with Crippen molar-refractivity contribution in [2.45, 2.75) is 45.6 Å². The minimum Gasteiger partial charge on any atom is -0.494 e. The second-order valence-electron chi connectivity index (χ2n) is 5.40. The van der Waals surface area contributed by atoms with E-state index in [0.717, 1.165) is 25.1 Å². The van der Waals surface area contributed by atoms with E-state index in [2.05, 4.69) is 10.6 Å². The van der Waals surface area contributed by atoms with Crippen molar-refractivity contribution in [1.82, 2.24) is 5.32 Å². The number of hydrogen-bond acceptors (Lipinski definition) is 4. The lowest BCUT2D eigenvalue weighted by atomic mass is 10.1. The predicted molar refractivity (Wildman–Crippen MR) is 94.9 cm³/mol. The molecule has 1 heterocycles. The van der Waals surface area contributed by atoms with E-state index in [0.29, 0.717) is 37.1 Å². The Kier molecular flexibility index (Phi) is 8.81. The molecule has 6 heteroatoms. The van der Waals surface area contributed by atoms with Crippen LogP contribution in [0.3, 0.4) is 0 Å². The summed E-state index contributed by atoms with van der Waals surface area (Å²) in [5.74, 6) is 1.43. The van der Waals surface area contributed by atoms with Crippen LogP contribution in [0.5, 0.6) is 11.5 Å². The van der Waals surface area contributed by atoms with Gasteiger partial charge in [0.2, 0.25) is 5.91 Å². The van der Waals surface area contributed by atoms with E-state index in [1.807, 2.05) is 32.0 Å². The third kappa shape index (κ3) is 6.28. The zero-order valence-corrected chi connectivity index (χ0v) is 14.7. The summed E-state index contributed by atoms with van der Waals surface area (Å²) >= 11 is 0. The Hall–Kier alpha value is -1.46. The molecule has 1 aliphatic rings. The summed E-state index contributed by atoms with van der Waals surface area (Å²) in [7, 11) is 0. The lowest BCUT2D eigenvalue weighted by molar-refractivity contribution is -0.116. The van der Waals surface area contributed by atoms with Gasteiger partial charge < -0.3 is 20.1 Å². The Morgan fingerprint density at radius 1 is 1.30 bits per heavy atom. The van der Waals surface area contributed by atoms with Gasteiger partial charge in [0.05, 0.1) is 18.9 Å². The number of halogens is 1. The minimum absolute atomic E-state index is 0. The van der Waals surface area contributed by atoms with Crippen LogP contribution in [0.1, 0.15) is 39.5 Å². The fraction of sp³-hybridized carbons (Fsp3) is 0.588. The highest BCUT2D eigenvalue weighted by atomic mass is 35.5. The molecule has 23 heavy (non-hydrogen) atoms. The highest BCUT2D eigenvalue weighted by Gasteiger charge is 2.16. The molecule has 1 atom stereocenters. The Labute approximate surface area is 144 Å². The van der Waals surface area contributed by atoms with Crippen molar-refractivity contribution >= 4 is 24.0 Å². The first-order valence-electron chi connectivity index (χ1n) is 8.15. The van der Waals surface area contributed by atoms with Crippen molar-refractivity contribution in [2.75, 3.05) is 25.1 Å². The summed E-state index contributed by atoms with van der Waals surface area (Å²) in [4.78, 5) is 12.2. The van der Waals surface area contributed by atoms with Crippen LogP contribution in [0.2, 0.25) is 0 Å². The van der Waals surface area contributed by atoms with E-state index in [1.165, 1.54) is 6.42 Å². The molecule has 1 aromatic carbocycles. The molecular weight excluding hydrogens is 316 g/mol. The van der Waals surface area contributed by atoms with Gasteiger partial charge in [-0.25, -0.2) is 0 Å². The second-order valence-corrected chi connectivity index (χ2v) is 5.40. The van der Waals surface area contributed by atoms with E-state index in [9.17, 15) is 4.79 Å². The number of rotatable bonds is 8. The number of carbonyl (C=O) groups excluding carboxylic acids is 1. The molecule has 5 nitrogen and oxygen atoms in total. The van der Waals surface area contributed by atoms with Gasteiger partial charge >= 0.3 is 0 Å². The van der Waals surface area contributed by atoms with E-state index in [-0.39, 0.29) is 18.3 Å². The smallest absolute Gasteiger partial charge is 0.224 e. The van der Waals surface area contributed by atoms with E-state index >= 15 is 0 Å². The molecule has 1 aromatic rings. The Balaban J connectivity index is 0.00000264. The van der Waals surface area contributed by atoms with E-state index < -0.39 is 0 Å². The minimum atomic E-state index is 0. The predicted octanol–water partition coefficient (Wildman–Crippen LogP) is 3.38. The summed E-state index contributed by atoms with van der Waals surface area (Å²) in [6.07, 6.45) is 3.76. The number of nitrogens with one attached hydrogen (secondary N) is 2. The summed E-state index contributed by atoms with van der Waals surface area (Å²) in [6, 6.07) is 5.99. The lowest BCUT2D eigenvalue weighted by Crippen LogP contribution is -2.23. The van der Waals surface area contributed by atoms with Gasteiger partial charge in [0.15, 0.2) is 0 Å². The van der Waals surface area contributed by atoms with Crippen LogP contribution in [0.4, 0.5) is 5.69 Å². The van der Waals surface area contributed by atoms with Gasteiger partial charge in [-0.1, -0.05) is 0 Å².